The SMILES string of the molecule is CC(N=O)c1cccc(NC(O)c2sc3nc4cc5c(cc4cc3c2N)OCCO5)c1. The number of nitroso groups, excluding NO2 is 1. The number of anilines is 2. The van der Waals surface area contributed by atoms with Gasteiger partial charge in [0.15, 0.2) is 17.7 Å². The van der Waals surface area contributed by atoms with Gasteiger partial charge in [-0.1, -0.05) is 17.3 Å². The fraction of sp³-hybridized carbons (Fsp3) is 0.227. The van der Waals surface area contributed by atoms with Crippen molar-refractivity contribution in [3.05, 3.63) is 57.8 Å². The summed E-state index contributed by atoms with van der Waals surface area (Å²) in [5.41, 5.74) is 9.05. The van der Waals surface area contributed by atoms with Crippen LogP contribution in [0.15, 0.2) is 47.6 Å². The van der Waals surface area contributed by atoms with Crippen LogP contribution < -0.4 is 20.5 Å². The first-order valence-electron chi connectivity index (χ1n) is 9.83. The molecule has 2 unspecified atom stereocenters. The number of aliphatic hydroxyl groups excluding tert-OH is 1. The van der Waals surface area contributed by atoms with Crippen LogP contribution in [0.2, 0.25) is 0 Å². The van der Waals surface area contributed by atoms with E-state index in [1.165, 1.54) is 11.3 Å². The summed E-state index contributed by atoms with van der Waals surface area (Å²) in [6.07, 6.45) is -1.03. The quantitative estimate of drug-likeness (QED) is 0.305. The van der Waals surface area contributed by atoms with Crippen molar-refractivity contribution in [2.75, 3.05) is 24.3 Å². The molecule has 0 saturated carbocycles. The van der Waals surface area contributed by atoms with Crippen LogP contribution in [0.25, 0.3) is 21.1 Å². The first-order valence-corrected chi connectivity index (χ1v) is 10.6. The summed E-state index contributed by atoms with van der Waals surface area (Å²) in [5, 5.41) is 18.6. The Labute approximate surface area is 181 Å². The third kappa shape index (κ3) is 3.51. The van der Waals surface area contributed by atoms with E-state index in [2.05, 4.69) is 10.5 Å². The molecule has 158 valence electrons. The monoisotopic (exact) mass is 436 g/mol. The van der Waals surface area contributed by atoms with Crippen molar-refractivity contribution in [1.82, 2.24) is 4.98 Å². The van der Waals surface area contributed by atoms with Gasteiger partial charge in [0.05, 0.1) is 16.1 Å². The summed E-state index contributed by atoms with van der Waals surface area (Å²) in [6, 6.07) is 12.5. The number of aliphatic hydroxyl groups is 1. The largest absolute Gasteiger partial charge is 0.486 e. The molecule has 0 spiro atoms. The van der Waals surface area contributed by atoms with Gasteiger partial charge >= 0.3 is 0 Å². The molecular weight excluding hydrogens is 416 g/mol. The van der Waals surface area contributed by atoms with E-state index in [1.54, 1.807) is 19.1 Å². The lowest BCUT2D eigenvalue weighted by atomic mass is 10.1. The third-order valence-electron chi connectivity index (χ3n) is 5.28. The number of hydrogen-bond donors (Lipinski definition) is 3. The van der Waals surface area contributed by atoms with E-state index in [9.17, 15) is 10.0 Å². The second kappa shape index (κ2) is 7.68. The zero-order chi connectivity index (χ0) is 21.5. The normalized spacial score (nSPS) is 15.0. The van der Waals surface area contributed by atoms with E-state index < -0.39 is 12.3 Å². The van der Waals surface area contributed by atoms with E-state index in [4.69, 9.17) is 20.2 Å². The molecule has 0 amide bonds. The fourth-order valence-corrected chi connectivity index (χ4v) is 4.65. The number of aromatic nitrogens is 1. The minimum Gasteiger partial charge on any atom is -0.486 e. The van der Waals surface area contributed by atoms with E-state index >= 15 is 0 Å². The number of nitrogens with two attached hydrogens (primary N) is 1. The molecule has 4 N–H and O–H groups in total. The predicted molar refractivity (Wildman–Crippen MR) is 122 cm³/mol. The Kier molecular flexibility index (Phi) is 4.84. The molecule has 9 heteroatoms. The van der Waals surface area contributed by atoms with Gasteiger partial charge in [-0.05, 0) is 36.8 Å². The molecule has 8 nitrogen and oxygen atoms in total. The average molecular weight is 436 g/mol. The highest BCUT2D eigenvalue weighted by atomic mass is 32.1. The molecule has 2 aromatic heterocycles. The Morgan fingerprint density at radius 2 is 1.97 bits per heavy atom. The molecule has 4 aromatic rings. The highest BCUT2D eigenvalue weighted by Gasteiger charge is 2.20. The molecule has 0 aliphatic carbocycles. The van der Waals surface area contributed by atoms with Crippen LogP contribution in [-0.4, -0.2) is 23.3 Å². The predicted octanol–water partition coefficient (Wildman–Crippen LogP) is 4.73. The lowest BCUT2D eigenvalue weighted by Crippen LogP contribution is -2.15. The van der Waals surface area contributed by atoms with Crippen molar-refractivity contribution in [3.8, 4) is 11.5 Å². The summed E-state index contributed by atoms with van der Waals surface area (Å²) in [5.74, 6) is 1.37. The van der Waals surface area contributed by atoms with Gasteiger partial charge in [0.2, 0.25) is 0 Å². The standard InChI is InChI=1S/C22H20N4O4S/c1-11(26-28)12-3-2-4-14(7-12)24-21(27)20-19(23)15-8-13-9-17-18(30-6-5-29-17)10-16(13)25-22(15)31-20/h2-4,7-11,21,24,27H,5-6,23H2,1H3. The van der Waals surface area contributed by atoms with E-state index in [1.807, 2.05) is 30.3 Å². The number of thiophene rings is 1. The Morgan fingerprint density at radius 3 is 2.74 bits per heavy atom. The van der Waals surface area contributed by atoms with Gasteiger partial charge < -0.3 is 25.6 Å². The number of nitrogens with one attached hydrogen (secondary N) is 1. The van der Waals surface area contributed by atoms with Crippen molar-refractivity contribution < 1.29 is 14.6 Å². The number of nitrogens with zero attached hydrogens (tertiary/aromatic N) is 2. The second-order valence-corrected chi connectivity index (χ2v) is 8.39. The van der Waals surface area contributed by atoms with Crippen molar-refractivity contribution in [2.45, 2.75) is 19.2 Å². The van der Waals surface area contributed by atoms with Crippen molar-refractivity contribution >= 4 is 43.8 Å². The number of fused-ring (bicyclic) bond motifs is 3. The molecule has 3 heterocycles. The fourth-order valence-electron chi connectivity index (χ4n) is 3.63. The van der Waals surface area contributed by atoms with Gasteiger partial charge in [-0.2, -0.15) is 4.91 Å². The summed E-state index contributed by atoms with van der Waals surface area (Å²) < 4.78 is 11.3. The molecule has 2 aromatic carbocycles. The molecule has 5 rings (SSSR count). The van der Waals surface area contributed by atoms with Gasteiger partial charge in [-0.15, -0.1) is 11.3 Å². The zero-order valence-electron chi connectivity index (χ0n) is 16.7. The van der Waals surface area contributed by atoms with Gasteiger partial charge in [-0.25, -0.2) is 4.98 Å². The zero-order valence-corrected chi connectivity index (χ0v) is 17.5. The van der Waals surface area contributed by atoms with Crippen LogP contribution in [-0.2, 0) is 0 Å². The number of rotatable bonds is 5. The van der Waals surface area contributed by atoms with Crippen molar-refractivity contribution in [1.29, 1.82) is 0 Å². The van der Waals surface area contributed by atoms with E-state index in [-0.39, 0.29) is 0 Å². The number of benzene rings is 2. The van der Waals surface area contributed by atoms with Crippen LogP contribution >= 0.6 is 11.3 Å². The maximum atomic E-state index is 10.8. The topological polar surface area (TPSA) is 119 Å². The van der Waals surface area contributed by atoms with Crippen molar-refractivity contribution in [2.24, 2.45) is 5.18 Å². The van der Waals surface area contributed by atoms with Gasteiger partial charge in [-0.3, -0.25) is 0 Å². The molecular formula is C22H20N4O4S. The van der Waals surface area contributed by atoms with Crippen LogP contribution in [0.5, 0.6) is 11.5 Å². The Balaban J connectivity index is 1.50. The second-order valence-electron chi connectivity index (χ2n) is 7.36. The molecule has 1 aliphatic heterocycles. The molecule has 1 aliphatic rings. The smallest absolute Gasteiger partial charge is 0.163 e. The number of ether oxygens (including phenoxy) is 2. The van der Waals surface area contributed by atoms with Crippen LogP contribution in [0, 0.1) is 4.91 Å². The minimum atomic E-state index is -1.03. The first kappa shape index (κ1) is 19.5. The van der Waals surface area contributed by atoms with Gasteiger partial charge in [0.1, 0.15) is 24.1 Å². The van der Waals surface area contributed by atoms with Gasteiger partial charge in [0, 0.05) is 22.5 Å². The highest BCUT2D eigenvalue weighted by molar-refractivity contribution is 7.19. The number of nitrogen functional groups attached to an aromatic ring is 1. The number of pyridine rings is 1. The average Bonchev–Trinajstić information content (AvgIpc) is 3.11. The maximum absolute atomic E-state index is 10.8. The lowest BCUT2D eigenvalue weighted by Gasteiger charge is -2.18. The summed E-state index contributed by atoms with van der Waals surface area (Å²) in [4.78, 5) is 16.9. The van der Waals surface area contributed by atoms with Crippen LogP contribution in [0.1, 0.15) is 29.6 Å². The van der Waals surface area contributed by atoms with Crippen LogP contribution in [0.4, 0.5) is 11.4 Å². The molecule has 2 atom stereocenters. The maximum Gasteiger partial charge on any atom is 0.163 e. The van der Waals surface area contributed by atoms with Crippen molar-refractivity contribution in [3.63, 3.8) is 0 Å². The summed E-state index contributed by atoms with van der Waals surface area (Å²) >= 11 is 1.33. The van der Waals surface area contributed by atoms with E-state index in [0.717, 1.165) is 26.7 Å². The molecule has 0 radical (unpaired) electrons. The molecule has 0 fully saturated rings. The van der Waals surface area contributed by atoms with Gasteiger partial charge in [0.25, 0.3) is 0 Å². The Bertz CT molecular complexity index is 1310. The minimum absolute atomic E-state index is 0.469. The summed E-state index contributed by atoms with van der Waals surface area (Å²) in [7, 11) is 0. The lowest BCUT2D eigenvalue weighted by molar-refractivity contribution is 0.172. The Morgan fingerprint density at radius 1 is 1.19 bits per heavy atom. The highest BCUT2D eigenvalue weighted by Crippen LogP contribution is 2.41. The van der Waals surface area contributed by atoms with Crippen LogP contribution in [0.3, 0.4) is 0 Å². The molecule has 31 heavy (non-hydrogen) atoms. The first-order chi connectivity index (χ1) is 15.0. The third-order valence-corrected chi connectivity index (χ3v) is 6.45. The summed E-state index contributed by atoms with van der Waals surface area (Å²) in [6.45, 7) is 2.74. The molecule has 0 bridgehead atoms. The number of hydrogen-bond acceptors (Lipinski definition) is 9. The Hall–Kier alpha value is -3.43. The van der Waals surface area contributed by atoms with E-state index in [0.29, 0.717) is 41.0 Å². The molecule has 0 saturated heterocycles.